The number of para-hydroxylation sites is 1. The molecule has 0 aliphatic rings. The number of hydrogen-bond donors (Lipinski definition) is 2. The van der Waals surface area contributed by atoms with E-state index in [1.807, 2.05) is 62.7 Å². The molecule has 26 heavy (non-hydrogen) atoms. The molecule has 2 aromatic heterocycles. The maximum Gasteiger partial charge on any atom is 0.273 e. The normalized spacial score (nSPS) is 12.4. The van der Waals surface area contributed by atoms with Crippen molar-refractivity contribution in [2.45, 2.75) is 39.7 Å². The molecule has 1 atom stereocenters. The second-order valence-corrected chi connectivity index (χ2v) is 7.38. The van der Waals surface area contributed by atoms with E-state index in [0.717, 1.165) is 22.6 Å². The van der Waals surface area contributed by atoms with Gasteiger partial charge in [-0.25, -0.2) is 4.68 Å². The van der Waals surface area contributed by atoms with Gasteiger partial charge in [-0.2, -0.15) is 10.2 Å². The number of halogens is 1. The lowest BCUT2D eigenvalue weighted by Gasteiger charge is -2.13. The van der Waals surface area contributed by atoms with E-state index >= 15 is 0 Å². The predicted octanol–water partition coefficient (Wildman–Crippen LogP) is 4.28. The number of aromatic amines is 1. The quantitative estimate of drug-likeness (QED) is 0.652. The van der Waals surface area contributed by atoms with Gasteiger partial charge >= 0.3 is 0 Å². The van der Waals surface area contributed by atoms with Gasteiger partial charge in [0.1, 0.15) is 0 Å². The van der Waals surface area contributed by atoms with Crippen LogP contribution in [-0.2, 0) is 0 Å². The van der Waals surface area contributed by atoms with Crippen LogP contribution >= 0.6 is 15.9 Å². The summed E-state index contributed by atoms with van der Waals surface area (Å²) in [5.74, 6) is 0.0292. The standard InChI is InChI=1S/C19H22BrN5O/c1-11(2)17-16(20)18(24-23-17)19(26)22-12(3)15-10-21-25(13(15)4)14-8-6-5-7-9-14/h5-12H,1-4H3,(H,22,26)(H,23,24). The van der Waals surface area contributed by atoms with E-state index in [1.54, 1.807) is 6.20 Å². The van der Waals surface area contributed by atoms with Crippen LogP contribution in [0, 0.1) is 6.92 Å². The van der Waals surface area contributed by atoms with E-state index in [-0.39, 0.29) is 17.9 Å². The zero-order valence-corrected chi connectivity index (χ0v) is 16.8. The molecule has 3 rings (SSSR count). The molecule has 0 bridgehead atoms. The Labute approximate surface area is 161 Å². The summed E-state index contributed by atoms with van der Waals surface area (Å²) in [4.78, 5) is 12.6. The Morgan fingerprint density at radius 1 is 1.23 bits per heavy atom. The third-order valence-corrected chi connectivity index (χ3v) is 5.19. The molecule has 2 heterocycles. The van der Waals surface area contributed by atoms with Gasteiger partial charge in [-0.15, -0.1) is 0 Å². The van der Waals surface area contributed by atoms with Crippen LogP contribution in [0.5, 0.6) is 0 Å². The molecular formula is C19H22BrN5O. The second kappa shape index (κ2) is 7.45. The molecule has 1 aromatic carbocycles. The predicted molar refractivity (Wildman–Crippen MR) is 105 cm³/mol. The zero-order chi connectivity index (χ0) is 18.8. The molecule has 0 aliphatic carbocycles. The molecule has 6 nitrogen and oxygen atoms in total. The summed E-state index contributed by atoms with van der Waals surface area (Å²) < 4.78 is 2.59. The van der Waals surface area contributed by atoms with Gasteiger partial charge in [0, 0.05) is 11.3 Å². The average molecular weight is 416 g/mol. The number of nitrogens with one attached hydrogen (secondary N) is 2. The Kier molecular flexibility index (Phi) is 5.27. The number of H-pyrrole nitrogens is 1. The van der Waals surface area contributed by atoms with Gasteiger partial charge in [0.15, 0.2) is 5.69 Å². The lowest BCUT2D eigenvalue weighted by Crippen LogP contribution is -2.27. The minimum atomic E-state index is -0.223. The fourth-order valence-electron chi connectivity index (χ4n) is 2.89. The van der Waals surface area contributed by atoms with Gasteiger partial charge in [0.05, 0.1) is 28.1 Å². The van der Waals surface area contributed by atoms with Gasteiger partial charge in [-0.3, -0.25) is 9.89 Å². The fraction of sp³-hybridized carbons (Fsp3) is 0.316. The molecule has 3 aromatic rings. The van der Waals surface area contributed by atoms with E-state index in [9.17, 15) is 4.79 Å². The highest BCUT2D eigenvalue weighted by molar-refractivity contribution is 9.10. The Morgan fingerprint density at radius 3 is 2.54 bits per heavy atom. The van der Waals surface area contributed by atoms with Crippen molar-refractivity contribution in [2.24, 2.45) is 0 Å². The monoisotopic (exact) mass is 415 g/mol. The smallest absolute Gasteiger partial charge is 0.273 e. The highest BCUT2D eigenvalue weighted by Gasteiger charge is 2.22. The van der Waals surface area contributed by atoms with Crippen LogP contribution in [0.3, 0.4) is 0 Å². The summed E-state index contributed by atoms with van der Waals surface area (Å²) in [7, 11) is 0. The first-order valence-corrected chi connectivity index (χ1v) is 9.34. The van der Waals surface area contributed by atoms with E-state index < -0.39 is 0 Å². The number of hydrogen-bond acceptors (Lipinski definition) is 3. The molecule has 1 amide bonds. The van der Waals surface area contributed by atoms with Crippen molar-refractivity contribution in [3.63, 3.8) is 0 Å². The number of benzene rings is 1. The third-order valence-electron chi connectivity index (χ3n) is 4.39. The lowest BCUT2D eigenvalue weighted by atomic mass is 10.1. The molecule has 7 heteroatoms. The molecule has 136 valence electrons. The van der Waals surface area contributed by atoms with E-state index in [4.69, 9.17) is 0 Å². The van der Waals surface area contributed by atoms with Crippen molar-refractivity contribution in [2.75, 3.05) is 0 Å². The van der Waals surface area contributed by atoms with Crippen molar-refractivity contribution in [3.05, 3.63) is 63.6 Å². The Balaban J connectivity index is 1.80. The summed E-state index contributed by atoms with van der Waals surface area (Å²) in [6.07, 6.45) is 1.80. The summed E-state index contributed by atoms with van der Waals surface area (Å²) in [6, 6.07) is 9.74. The zero-order valence-electron chi connectivity index (χ0n) is 15.2. The molecule has 0 saturated heterocycles. The molecule has 0 aliphatic heterocycles. The van der Waals surface area contributed by atoms with Crippen molar-refractivity contribution in [1.29, 1.82) is 0 Å². The largest absolute Gasteiger partial charge is 0.344 e. The number of rotatable bonds is 5. The molecule has 0 saturated carbocycles. The van der Waals surface area contributed by atoms with Crippen LogP contribution in [0.25, 0.3) is 5.69 Å². The van der Waals surface area contributed by atoms with Crippen LogP contribution in [-0.4, -0.2) is 25.9 Å². The van der Waals surface area contributed by atoms with E-state index in [0.29, 0.717) is 10.2 Å². The van der Waals surface area contributed by atoms with Crippen molar-refractivity contribution < 1.29 is 4.79 Å². The Hall–Kier alpha value is -2.41. The third kappa shape index (κ3) is 3.44. The van der Waals surface area contributed by atoms with Gasteiger partial charge in [-0.05, 0) is 47.8 Å². The molecule has 0 fully saturated rings. The van der Waals surface area contributed by atoms with Gasteiger partial charge < -0.3 is 5.32 Å². The van der Waals surface area contributed by atoms with Crippen LogP contribution in [0.15, 0.2) is 41.0 Å². The number of nitrogens with zero attached hydrogens (tertiary/aromatic N) is 3. The van der Waals surface area contributed by atoms with Gasteiger partial charge in [0.25, 0.3) is 5.91 Å². The van der Waals surface area contributed by atoms with Gasteiger partial charge in [0.2, 0.25) is 0 Å². The first-order valence-electron chi connectivity index (χ1n) is 8.54. The van der Waals surface area contributed by atoms with Crippen LogP contribution in [0.1, 0.15) is 60.2 Å². The minimum Gasteiger partial charge on any atom is -0.344 e. The minimum absolute atomic E-state index is 0.189. The molecular weight excluding hydrogens is 394 g/mol. The first kappa shape index (κ1) is 18.4. The van der Waals surface area contributed by atoms with Crippen molar-refractivity contribution in [1.82, 2.24) is 25.3 Å². The highest BCUT2D eigenvalue weighted by atomic mass is 79.9. The highest BCUT2D eigenvalue weighted by Crippen LogP contribution is 2.26. The van der Waals surface area contributed by atoms with Crippen molar-refractivity contribution in [3.8, 4) is 5.69 Å². The van der Waals surface area contributed by atoms with Crippen LogP contribution < -0.4 is 5.32 Å². The number of amides is 1. The van der Waals surface area contributed by atoms with E-state index in [1.165, 1.54) is 0 Å². The topological polar surface area (TPSA) is 75.6 Å². The number of aromatic nitrogens is 4. The Morgan fingerprint density at radius 2 is 1.92 bits per heavy atom. The number of carbonyl (C=O) groups is 1. The van der Waals surface area contributed by atoms with Gasteiger partial charge in [-0.1, -0.05) is 32.0 Å². The molecule has 2 N–H and O–H groups in total. The van der Waals surface area contributed by atoms with E-state index in [2.05, 4.69) is 36.5 Å². The fourth-order valence-corrected chi connectivity index (χ4v) is 3.71. The maximum atomic E-state index is 12.6. The van der Waals surface area contributed by atoms with Crippen LogP contribution in [0.4, 0.5) is 0 Å². The Bertz CT molecular complexity index is 913. The maximum absolute atomic E-state index is 12.6. The van der Waals surface area contributed by atoms with Crippen LogP contribution in [0.2, 0.25) is 0 Å². The first-order chi connectivity index (χ1) is 12.4. The van der Waals surface area contributed by atoms with Crippen molar-refractivity contribution >= 4 is 21.8 Å². The number of carbonyl (C=O) groups excluding carboxylic acids is 1. The summed E-state index contributed by atoms with van der Waals surface area (Å²) in [5.41, 5.74) is 4.24. The molecule has 0 radical (unpaired) electrons. The molecule has 1 unspecified atom stereocenters. The average Bonchev–Trinajstić information content (AvgIpc) is 3.18. The summed E-state index contributed by atoms with van der Waals surface area (Å²) in [6.45, 7) is 8.04. The second-order valence-electron chi connectivity index (χ2n) is 6.58. The molecule has 0 spiro atoms. The summed E-state index contributed by atoms with van der Waals surface area (Å²) in [5, 5.41) is 14.6. The lowest BCUT2D eigenvalue weighted by molar-refractivity contribution is 0.0934. The SMILES string of the molecule is Cc1c(C(C)NC(=O)c2n[nH]c(C(C)C)c2Br)cnn1-c1ccccc1. The summed E-state index contributed by atoms with van der Waals surface area (Å²) >= 11 is 3.48.